The molecule has 3 rings (SSSR count). The molecule has 0 aliphatic carbocycles. The van der Waals surface area contributed by atoms with Crippen molar-refractivity contribution in [2.75, 3.05) is 0 Å². The van der Waals surface area contributed by atoms with Crippen molar-refractivity contribution in [3.05, 3.63) is 42.1 Å². The Labute approximate surface area is 150 Å². The molecule has 27 heavy (non-hydrogen) atoms. The van der Waals surface area contributed by atoms with E-state index in [1.165, 1.54) is 18.5 Å². The molecular weight excluding hydrogens is 369 g/mol. The Balaban J connectivity index is 1.88. The summed E-state index contributed by atoms with van der Waals surface area (Å²) in [6.07, 6.45) is -0.441. The lowest BCUT2D eigenvalue weighted by Crippen LogP contribution is -2.13. The molecule has 9 nitrogen and oxygen atoms in total. The standard InChI is InChI=1S/C15H13F3N6O3/c1-2-23-7-9(6-19-23)11-5-12(15(16,17)18)21-14(20-11)27-8-24-4-3-10(22-24)13(25)26/h3-7H,2,8H2,1H3,(H,25,26). The van der Waals surface area contributed by atoms with Gasteiger partial charge in [-0.15, -0.1) is 0 Å². The van der Waals surface area contributed by atoms with Gasteiger partial charge in [0, 0.05) is 24.5 Å². The van der Waals surface area contributed by atoms with Crippen molar-refractivity contribution >= 4 is 5.97 Å². The zero-order valence-corrected chi connectivity index (χ0v) is 13.9. The number of ether oxygens (including phenoxy) is 1. The summed E-state index contributed by atoms with van der Waals surface area (Å²) in [5, 5.41) is 16.5. The largest absolute Gasteiger partial charge is 0.476 e. The first kappa shape index (κ1) is 18.4. The van der Waals surface area contributed by atoms with Crippen LogP contribution in [-0.2, 0) is 19.5 Å². The zero-order chi connectivity index (χ0) is 19.6. The fourth-order valence-electron chi connectivity index (χ4n) is 2.12. The molecule has 1 N–H and O–H groups in total. The molecule has 3 aromatic rings. The molecule has 0 fully saturated rings. The molecule has 3 aromatic heterocycles. The molecule has 0 saturated carbocycles. The molecule has 0 radical (unpaired) electrons. The number of halogens is 3. The molecule has 0 saturated heterocycles. The SMILES string of the molecule is CCn1cc(-c2cc(C(F)(F)F)nc(OCn3ccc(C(=O)O)n3)n2)cn1. The van der Waals surface area contributed by atoms with Gasteiger partial charge in [0.25, 0.3) is 0 Å². The van der Waals surface area contributed by atoms with Gasteiger partial charge in [0.05, 0.1) is 11.9 Å². The Morgan fingerprint density at radius 1 is 1.30 bits per heavy atom. The number of alkyl halides is 3. The Morgan fingerprint density at radius 2 is 2.07 bits per heavy atom. The molecule has 0 unspecified atom stereocenters. The summed E-state index contributed by atoms with van der Waals surface area (Å²) in [5.41, 5.74) is -1.02. The van der Waals surface area contributed by atoms with E-state index in [9.17, 15) is 18.0 Å². The van der Waals surface area contributed by atoms with Crippen LogP contribution in [0.1, 0.15) is 23.1 Å². The van der Waals surface area contributed by atoms with Crippen LogP contribution in [0.5, 0.6) is 6.01 Å². The van der Waals surface area contributed by atoms with Gasteiger partial charge in [0.2, 0.25) is 0 Å². The second-order valence-electron chi connectivity index (χ2n) is 5.32. The van der Waals surface area contributed by atoms with Gasteiger partial charge < -0.3 is 9.84 Å². The van der Waals surface area contributed by atoms with E-state index in [0.29, 0.717) is 12.1 Å². The number of nitrogens with zero attached hydrogens (tertiary/aromatic N) is 6. The number of rotatable bonds is 6. The third kappa shape index (κ3) is 4.22. The van der Waals surface area contributed by atoms with E-state index in [2.05, 4.69) is 20.2 Å². The van der Waals surface area contributed by atoms with Gasteiger partial charge in [-0.2, -0.15) is 33.3 Å². The fourth-order valence-corrected chi connectivity index (χ4v) is 2.12. The van der Waals surface area contributed by atoms with Crippen LogP contribution in [0, 0.1) is 0 Å². The Morgan fingerprint density at radius 3 is 2.67 bits per heavy atom. The highest BCUT2D eigenvalue weighted by molar-refractivity contribution is 5.85. The molecule has 142 valence electrons. The first-order valence-corrected chi connectivity index (χ1v) is 7.65. The van der Waals surface area contributed by atoms with Crippen molar-refractivity contribution in [3.8, 4) is 17.3 Å². The molecule has 0 bridgehead atoms. The van der Waals surface area contributed by atoms with Gasteiger partial charge in [0.1, 0.15) is 0 Å². The maximum absolute atomic E-state index is 13.1. The number of hydrogen-bond acceptors (Lipinski definition) is 6. The van der Waals surface area contributed by atoms with Crippen LogP contribution < -0.4 is 4.74 Å². The Kier molecular flexibility index (Phi) is 4.79. The van der Waals surface area contributed by atoms with Crippen LogP contribution in [0.3, 0.4) is 0 Å². The van der Waals surface area contributed by atoms with E-state index in [-0.39, 0.29) is 18.1 Å². The summed E-state index contributed by atoms with van der Waals surface area (Å²) in [6.45, 7) is 2.02. The zero-order valence-electron chi connectivity index (χ0n) is 13.9. The Hall–Kier alpha value is -3.44. The number of hydrogen-bond donors (Lipinski definition) is 1. The summed E-state index contributed by atoms with van der Waals surface area (Å²) in [6, 6.07) is 1.51. The summed E-state index contributed by atoms with van der Waals surface area (Å²) in [4.78, 5) is 18.1. The predicted octanol–water partition coefficient (Wildman–Crippen LogP) is 2.31. The number of aryl methyl sites for hydroxylation is 1. The van der Waals surface area contributed by atoms with E-state index in [1.807, 2.05) is 6.92 Å². The van der Waals surface area contributed by atoms with Gasteiger partial charge in [-0.3, -0.25) is 4.68 Å². The number of aromatic carboxylic acids is 1. The van der Waals surface area contributed by atoms with Crippen LogP contribution in [0.25, 0.3) is 11.3 Å². The minimum Gasteiger partial charge on any atom is -0.476 e. The second-order valence-corrected chi connectivity index (χ2v) is 5.32. The van der Waals surface area contributed by atoms with Gasteiger partial charge in [-0.25, -0.2) is 9.48 Å². The first-order chi connectivity index (χ1) is 12.8. The number of carbonyl (C=O) groups is 1. The van der Waals surface area contributed by atoms with E-state index in [1.54, 1.807) is 10.9 Å². The minimum absolute atomic E-state index is 0.00119. The van der Waals surface area contributed by atoms with Crippen molar-refractivity contribution < 1.29 is 27.8 Å². The summed E-state index contributed by atoms with van der Waals surface area (Å²) < 4.78 is 47.2. The van der Waals surface area contributed by atoms with E-state index >= 15 is 0 Å². The highest BCUT2D eigenvalue weighted by Gasteiger charge is 2.34. The summed E-state index contributed by atoms with van der Waals surface area (Å²) in [7, 11) is 0. The van der Waals surface area contributed by atoms with Crippen LogP contribution >= 0.6 is 0 Å². The molecule has 0 aromatic carbocycles. The molecule has 12 heteroatoms. The molecule has 0 aliphatic rings. The van der Waals surface area contributed by atoms with Gasteiger partial charge in [-0.1, -0.05) is 0 Å². The lowest BCUT2D eigenvalue weighted by Gasteiger charge is -2.10. The smallest absolute Gasteiger partial charge is 0.433 e. The average Bonchev–Trinajstić information content (AvgIpc) is 3.28. The molecule has 0 aliphatic heterocycles. The average molecular weight is 382 g/mol. The molecule has 0 atom stereocenters. The van der Waals surface area contributed by atoms with Crippen molar-refractivity contribution in [2.45, 2.75) is 26.4 Å². The minimum atomic E-state index is -4.70. The number of aromatic nitrogens is 6. The van der Waals surface area contributed by atoms with Crippen LogP contribution in [0.15, 0.2) is 30.7 Å². The van der Waals surface area contributed by atoms with Gasteiger partial charge >= 0.3 is 18.2 Å². The maximum atomic E-state index is 13.1. The third-order valence-electron chi connectivity index (χ3n) is 3.43. The van der Waals surface area contributed by atoms with Crippen molar-refractivity contribution in [3.63, 3.8) is 0 Å². The Bertz CT molecular complexity index is 966. The first-order valence-electron chi connectivity index (χ1n) is 7.65. The van der Waals surface area contributed by atoms with Crippen LogP contribution in [0.4, 0.5) is 13.2 Å². The topological polar surface area (TPSA) is 108 Å². The highest BCUT2D eigenvalue weighted by atomic mass is 19.4. The lowest BCUT2D eigenvalue weighted by molar-refractivity contribution is -0.141. The highest BCUT2D eigenvalue weighted by Crippen LogP contribution is 2.31. The van der Waals surface area contributed by atoms with E-state index in [4.69, 9.17) is 9.84 Å². The quantitative estimate of drug-likeness (QED) is 0.697. The lowest BCUT2D eigenvalue weighted by atomic mass is 10.2. The third-order valence-corrected chi connectivity index (χ3v) is 3.43. The normalized spacial score (nSPS) is 11.6. The molecule has 3 heterocycles. The van der Waals surface area contributed by atoms with Crippen LogP contribution in [0.2, 0.25) is 0 Å². The van der Waals surface area contributed by atoms with E-state index < -0.39 is 23.8 Å². The molecule has 0 spiro atoms. The maximum Gasteiger partial charge on any atom is 0.433 e. The van der Waals surface area contributed by atoms with Crippen molar-refractivity contribution in [1.29, 1.82) is 0 Å². The molecular formula is C15H13F3N6O3. The fraction of sp³-hybridized carbons (Fsp3) is 0.267. The van der Waals surface area contributed by atoms with E-state index in [0.717, 1.165) is 10.7 Å². The monoisotopic (exact) mass is 382 g/mol. The summed E-state index contributed by atoms with van der Waals surface area (Å²) in [5.74, 6) is -1.24. The van der Waals surface area contributed by atoms with Crippen LogP contribution in [-0.4, -0.2) is 40.6 Å². The number of carboxylic acid groups (broad SMARTS) is 1. The van der Waals surface area contributed by atoms with Gasteiger partial charge in [0.15, 0.2) is 18.1 Å². The van der Waals surface area contributed by atoms with Crippen molar-refractivity contribution in [1.82, 2.24) is 29.5 Å². The molecule has 0 amide bonds. The number of carboxylic acids is 1. The van der Waals surface area contributed by atoms with Crippen molar-refractivity contribution in [2.24, 2.45) is 0 Å². The second kappa shape index (κ2) is 7.05. The van der Waals surface area contributed by atoms with Gasteiger partial charge in [-0.05, 0) is 19.1 Å². The summed E-state index contributed by atoms with van der Waals surface area (Å²) >= 11 is 0. The predicted molar refractivity (Wildman–Crippen MR) is 83.7 cm³/mol.